The molecule has 2 aromatic rings. The average molecular weight is 353 g/mol. The van der Waals surface area contributed by atoms with Crippen LogP contribution in [0.25, 0.3) is 0 Å². The second kappa shape index (κ2) is 7.79. The fraction of sp³-hybridized carbons (Fsp3) is 0.300. The fourth-order valence-electron chi connectivity index (χ4n) is 3.08. The minimum absolute atomic E-state index is 0.150. The number of carbonyl (C=O) groups excluding carboxylic acids is 1. The Bertz CT molecular complexity index is 842. The van der Waals surface area contributed by atoms with Crippen molar-refractivity contribution in [3.05, 3.63) is 53.6 Å². The van der Waals surface area contributed by atoms with Gasteiger partial charge >= 0.3 is 5.97 Å². The van der Waals surface area contributed by atoms with Crippen LogP contribution in [0.4, 0.5) is 0 Å². The molecule has 2 atom stereocenters. The van der Waals surface area contributed by atoms with Gasteiger partial charge in [0.25, 0.3) is 0 Å². The Balaban J connectivity index is 2.12. The van der Waals surface area contributed by atoms with E-state index in [9.17, 15) is 10.1 Å². The number of hydrogen-bond donors (Lipinski definition) is 0. The van der Waals surface area contributed by atoms with Gasteiger partial charge in [0.1, 0.15) is 5.75 Å². The van der Waals surface area contributed by atoms with E-state index in [1.54, 1.807) is 32.2 Å². The van der Waals surface area contributed by atoms with Crippen LogP contribution in [0.2, 0.25) is 0 Å². The highest BCUT2D eigenvalue weighted by molar-refractivity contribution is 5.78. The van der Waals surface area contributed by atoms with E-state index in [0.29, 0.717) is 17.2 Å². The maximum Gasteiger partial charge on any atom is 0.324 e. The molecule has 1 heterocycles. The summed E-state index contributed by atoms with van der Waals surface area (Å²) in [6.45, 7) is 2.07. The molecule has 26 heavy (non-hydrogen) atoms. The monoisotopic (exact) mass is 353 g/mol. The number of ether oxygens (including phenoxy) is 4. The molecule has 0 unspecified atom stereocenters. The van der Waals surface area contributed by atoms with E-state index < -0.39 is 17.8 Å². The third-order valence-corrected chi connectivity index (χ3v) is 4.24. The second-order valence-electron chi connectivity index (χ2n) is 5.69. The zero-order valence-corrected chi connectivity index (χ0v) is 14.6. The maximum absolute atomic E-state index is 12.5. The first kappa shape index (κ1) is 17.6. The summed E-state index contributed by atoms with van der Waals surface area (Å²) in [5, 5.41) is 9.73. The van der Waals surface area contributed by atoms with Gasteiger partial charge < -0.3 is 18.9 Å². The quantitative estimate of drug-likeness (QED) is 0.742. The molecule has 134 valence electrons. The lowest BCUT2D eigenvalue weighted by molar-refractivity contribution is -0.146. The van der Waals surface area contributed by atoms with Gasteiger partial charge in [-0.3, -0.25) is 4.79 Å². The molecule has 6 heteroatoms. The van der Waals surface area contributed by atoms with E-state index in [2.05, 4.69) is 6.07 Å². The summed E-state index contributed by atoms with van der Waals surface area (Å²) in [5.74, 6) is -0.334. The normalized spacial score (nSPS) is 14.2. The van der Waals surface area contributed by atoms with Crippen LogP contribution < -0.4 is 14.2 Å². The summed E-state index contributed by atoms with van der Waals surface area (Å²) in [7, 11) is 1.56. The SMILES string of the molecule is CCOC(=O)[C@H](C#N)[C@@H](c1ccc2c(c1)OCO2)c1ccccc1OC. The molecule has 0 saturated carbocycles. The number of hydrogen-bond acceptors (Lipinski definition) is 6. The minimum Gasteiger partial charge on any atom is -0.496 e. The van der Waals surface area contributed by atoms with E-state index >= 15 is 0 Å². The molecule has 2 aromatic carbocycles. The van der Waals surface area contributed by atoms with Crippen LogP contribution in [0.5, 0.6) is 17.2 Å². The Morgan fingerprint density at radius 1 is 1.23 bits per heavy atom. The second-order valence-corrected chi connectivity index (χ2v) is 5.69. The van der Waals surface area contributed by atoms with Crippen molar-refractivity contribution in [2.75, 3.05) is 20.5 Å². The Kier molecular flexibility index (Phi) is 5.28. The lowest BCUT2D eigenvalue weighted by Crippen LogP contribution is -2.24. The lowest BCUT2D eigenvalue weighted by Gasteiger charge is -2.23. The highest BCUT2D eigenvalue weighted by Crippen LogP contribution is 2.42. The number of nitrogens with zero attached hydrogens (tertiary/aromatic N) is 1. The summed E-state index contributed by atoms with van der Waals surface area (Å²) in [6.07, 6.45) is 0. The molecule has 1 aliphatic heterocycles. The van der Waals surface area contributed by atoms with Crippen LogP contribution in [0.15, 0.2) is 42.5 Å². The largest absolute Gasteiger partial charge is 0.496 e. The third-order valence-electron chi connectivity index (χ3n) is 4.24. The molecular weight excluding hydrogens is 334 g/mol. The predicted octanol–water partition coefficient (Wildman–Crippen LogP) is 3.26. The van der Waals surface area contributed by atoms with Crippen LogP contribution in [0.3, 0.4) is 0 Å². The maximum atomic E-state index is 12.5. The van der Waals surface area contributed by atoms with E-state index in [0.717, 1.165) is 11.1 Å². The first-order valence-corrected chi connectivity index (χ1v) is 8.28. The number of methoxy groups -OCH3 is 1. The van der Waals surface area contributed by atoms with Crippen molar-refractivity contribution in [3.63, 3.8) is 0 Å². The Morgan fingerprint density at radius 3 is 2.73 bits per heavy atom. The van der Waals surface area contributed by atoms with Crippen LogP contribution in [-0.2, 0) is 9.53 Å². The molecule has 0 spiro atoms. The highest BCUT2D eigenvalue weighted by atomic mass is 16.7. The summed E-state index contributed by atoms with van der Waals surface area (Å²) in [6, 6.07) is 14.8. The van der Waals surface area contributed by atoms with Gasteiger partial charge in [-0.05, 0) is 30.7 Å². The standard InChI is InChI=1S/C20H19NO5/c1-3-24-20(22)15(11-21)19(14-6-4-5-7-16(14)23-2)13-8-9-17-18(10-13)26-12-25-17/h4-10,15,19H,3,12H2,1-2H3/t15-,19+/m1/s1. The smallest absolute Gasteiger partial charge is 0.324 e. The van der Waals surface area contributed by atoms with Crippen molar-refractivity contribution in [2.45, 2.75) is 12.8 Å². The van der Waals surface area contributed by atoms with Crippen molar-refractivity contribution < 1.29 is 23.7 Å². The average Bonchev–Trinajstić information content (AvgIpc) is 3.14. The van der Waals surface area contributed by atoms with Gasteiger partial charge in [-0.25, -0.2) is 0 Å². The highest BCUT2D eigenvalue weighted by Gasteiger charge is 2.35. The molecule has 0 N–H and O–H groups in total. The fourth-order valence-corrected chi connectivity index (χ4v) is 3.08. The lowest BCUT2D eigenvalue weighted by atomic mass is 9.80. The summed E-state index contributed by atoms with van der Waals surface area (Å²) in [5.41, 5.74) is 1.48. The van der Waals surface area contributed by atoms with E-state index in [-0.39, 0.29) is 13.4 Å². The molecule has 0 amide bonds. The summed E-state index contributed by atoms with van der Waals surface area (Å²) >= 11 is 0. The molecule has 0 saturated heterocycles. The number of fused-ring (bicyclic) bond motifs is 1. The van der Waals surface area contributed by atoms with Crippen LogP contribution in [0, 0.1) is 17.2 Å². The number of benzene rings is 2. The van der Waals surface area contributed by atoms with Crippen molar-refractivity contribution in [1.29, 1.82) is 5.26 Å². The Labute approximate surface area is 151 Å². The van der Waals surface area contributed by atoms with E-state index in [1.807, 2.05) is 24.3 Å². The molecule has 3 rings (SSSR count). The van der Waals surface area contributed by atoms with Crippen molar-refractivity contribution in [1.82, 2.24) is 0 Å². The summed E-state index contributed by atoms with van der Waals surface area (Å²) < 4.78 is 21.4. The van der Waals surface area contributed by atoms with Crippen molar-refractivity contribution in [3.8, 4) is 23.3 Å². The van der Waals surface area contributed by atoms with Crippen molar-refractivity contribution in [2.24, 2.45) is 5.92 Å². The number of carbonyl (C=O) groups is 1. The Morgan fingerprint density at radius 2 is 2.00 bits per heavy atom. The van der Waals surface area contributed by atoms with E-state index in [4.69, 9.17) is 18.9 Å². The number of esters is 1. The zero-order chi connectivity index (χ0) is 18.5. The Hall–Kier alpha value is -3.20. The molecule has 0 aromatic heterocycles. The van der Waals surface area contributed by atoms with Gasteiger partial charge in [0.2, 0.25) is 6.79 Å². The van der Waals surface area contributed by atoms with Gasteiger partial charge in [-0.1, -0.05) is 24.3 Å². The first-order valence-electron chi connectivity index (χ1n) is 8.28. The van der Waals surface area contributed by atoms with Gasteiger partial charge in [0.15, 0.2) is 17.4 Å². The molecule has 1 aliphatic rings. The molecule has 0 bridgehead atoms. The van der Waals surface area contributed by atoms with Crippen molar-refractivity contribution >= 4 is 5.97 Å². The van der Waals surface area contributed by atoms with Gasteiger partial charge in [0.05, 0.1) is 19.8 Å². The van der Waals surface area contributed by atoms with Crippen LogP contribution in [0.1, 0.15) is 24.0 Å². The molecule has 0 fully saturated rings. The van der Waals surface area contributed by atoms with Gasteiger partial charge in [-0.15, -0.1) is 0 Å². The zero-order valence-electron chi connectivity index (χ0n) is 14.6. The first-order chi connectivity index (χ1) is 12.7. The molecule has 0 aliphatic carbocycles. The minimum atomic E-state index is -1.02. The number of para-hydroxylation sites is 1. The number of nitriles is 1. The van der Waals surface area contributed by atoms with Crippen LogP contribution >= 0.6 is 0 Å². The third kappa shape index (κ3) is 3.29. The van der Waals surface area contributed by atoms with Crippen LogP contribution in [-0.4, -0.2) is 26.5 Å². The van der Waals surface area contributed by atoms with E-state index in [1.165, 1.54) is 0 Å². The molecular formula is C20H19NO5. The summed E-state index contributed by atoms with van der Waals surface area (Å²) in [4.78, 5) is 12.5. The van der Waals surface area contributed by atoms with Gasteiger partial charge in [-0.2, -0.15) is 5.26 Å². The van der Waals surface area contributed by atoms with Gasteiger partial charge in [0, 0.05) is 11.5 Å². The molecule has 6 nitrogen and oxygen atoms in total. The number of rotatable bonds is 6. The predicted molar refractivity (Wildman–Crippen MR) is 93.1 cm³/mol. The molecule has 0 radical (unpaired) electrons. The topological polar surface area (TPSA) is 77.8 Å².